The second-order valence-corrected chi connectivity index (χ2v) is 6.88. The van der Waals surface area contributed by atoms with E-state index >= 15 is 0 Å². The van der Waals surface area contributed by atoms with E-state index in [9.17, 15) is 14.9 Å². The number of non-ortho nitro benzene ring substituents is 1. The molecule has 3 rings (SSSR count). The van der Waals surface area contributed by atoms with Gasteiger partial charge in [-0.05, 0) is 36.8 Å². The summed E-state index contributed by atoms with van der Waals surface area (Å²) in [5.41, 5.74) is 1.36. The van der Waals surface area contributed by atoms with E-state index in [0.717, 1.165) is 16.0 Å². The molecule has 0 aliphatic carbocycles. The van der Waals surface area contributed by atoms with Crippen LogP contribution in [0.3, 0.4) is 0 Å². The van der Waals surface area contributed by atoms with Crippen LogP contribution in [0.4, 0.5) is 5.69 Å². The third kappa shape index (κ3) is 4.78. The smallest absolute Gasteiger partial charge is 0.272 e. The maximum Gasteiger partial charge on any atom is 0.272 e. The van der Waals surface area contributed by atoms with Crippen LogP contribution in [-0.4, -0.2) is 22.0 Å². The molecule has 29 heavy (non-hydrogen) atoms. The van der Waals surface area contributed by atoms with Gasteiger partial charge >= 0.3 is 0 Å². The molecular formula is C21H17N3O4S. The number of rotatable bonds is 6. The average Bonchev–Trinajstić information content (AvgIpc) is 3.03. The molecule has 1 amide bonds. The summed E-state index contributed by atoms with van der Waals surface area (Å²) >= 11 is 1.34. The first kappa shape index (κ1) is 20.0. The third-order valence-corrected chi connectivity index (χ3v) is 4.96. The van der Waals surface area contributed by atoms with Gasteiger partial charge in [-0.1, -0.05) is 29.4 Å². The fourth-order valence-corrected chi connectivity index (χ4v) is 3.74. The molecule has 146 valence electrons. The molecule has 0 saturated carbocycles. The number of thiazole rings is 1. The molecule has 3 aromatic rings. The molecule has 1 aromatic heterocycles. The molecule has 0 fully saturated rings. The van der Waals surface area contributed by atoms with Gasteiger partial charge in [-0.25, -0.2) is 0 Å². The molecule has 2 aromatic carbocycles. The Labute approximate surface area is 170 Å². The van der Waals surface area contributed by atoms with Crippen LogP contribution in [0.15, 0.2) is 53.5 Å². The van der Waals surface area contributed by atoms with Crippen molar-refractivity contribution in [2.75, 3.05) is 6.61 Å². The fourth-order valence-electron chi connectivity index (χ4n) is 2.68. The highest BCUT2D eigenvalue weighted by molar-refractivity contribution is 7.16. The molecule has 0 saturated heterocycles. The quantitative estimate of drug-likeness (QED) is 0.269. The highest BCUT2D eigenvalue weighted by Gasteiger charge is 2.08. The lowest BCUT2D eigenvalue weighted by Gasteiger charge is -2.03. The SMILES string of the molecule is C#CCn1c(=NC(=O)C=Cc2cccc([N+](=O)[O-])c2)sc2cc(OCC)ccc21. The number of carbonyl (C=O) groups is 1. The normalized spacial score (nSPS) is 11.7. The van der Waals surface area contributed by atoms with Crippen LogP contribution >= 0.6 is 11.3 Å². The topological polar surface area (TPSA) is 86.7 Å². The number of terminal acetylenes is 1. The zero-order valence-electron chi connectivity index (χ0n) is 15.6. The van der Waals surface area contributed by atoms with Gasteiger partial charge in [-0.3, -0.25) is 14.9 Å². The number of hydrogen-bond acceptors (Lipinski definition) is 5. The molecule has 1 heterocycles. The Morgan fingerprint density at radius 1 is 1.38 bits per heavy atom. The predicted molar refractivity (Wildman–Crippen MR) is 113 cm³/mol. The fraction of sp³-hybridized carbons (Fsp3) is 0.143. The summed E-state index contributed by atoms with van der Waals surface area (Å²) in [7, 11) is 0. The van der Waals surface area contributed by atoms with Gasteiger partial charge in [-0.15, -0.1) is 6.42 Å². The zero-order chi connectivity index (χ0) is 20.8. The Morgan fingerprint density at radius 2 is 2.21 bits per heavy atom. The Morgan fingerprint density at radius 3 is 2.93 bits per heavy atom. The van der Waals surface area contributed by atoms with Crippen LogP contribution in [0.1, 0.15) is 12.5 Å². The number of fused-ring (bicyclic) bond motifs is 1. The lowest BCUT2D eigenvalue weighted by atomic mass is 10.2. The number of amides is 1. The van der Waals surface area contributed by atoms with E-state index in [1.165, 1.54) is 35.6 Å². The number of benzene rings is 2. The molecule has 7 nitrogen and oxygen atoms in total. The van der Waals surface area contributed by atoms with Crippen molar-refractivity contribution in [2.24, 2.45) is 4.99 Å². The Balaban J connectivity index is 1.95. The van der Waals surface area contributed by atoms with Gasteiger partial charge < -0.3 is 9.30 Å². The monoisotopic (exact) mass is 407 g/mol. The van der Waals surface area contributed by atoms with Gasteiger partial charge in [0.15, 0.2) is 4.80 Å². The van der Waals surface area contributed by atoms with Gasteiger partial charge in [0.25, 0.3) is 11.6 Å². The Bertz CT molecular complexity index is 1210. The Kier molecular flexibility index (Phi) is 6.22. The second-order valence-electron chi connectivity index (χ2n) is 5.87. The Hall–Kier alpha value is -3.70. The molecule has 0 radical (unpaired) electrons. The molecule has 0 aliphatic heterocycles. The largest absolute Gasteiger partial charge is 0.494 e. The van der Waals surface area contributed by atoms with E-state index in [1.54, 1.807) is 16.7 Å². The highest BCUT2D eigenvalue weighted by Crippen LogP contribution is 2.23. The first-order valence-electron chi connectivity index (χ1n) is 8.72. The van der Waals surface area contributed by atoms with Crippen LogP contribution < -0.4 is 9.54 Å². The number of aromatic nitrogens is 1. The summed E-state index contributed by atoms with van der Waals surface area (Å²) in [6, 6.07) is 11.6. The standard InChI is InChI=1S/C21H17N3O4S/c1-3-12-23-18-10-9-17(28-4-2)14-19(18)29-21(23)22-20(25)11-8-15-6-5-7-16(13-15)24(26)27/h1,5-11,13-14H,4,12H2,2H3. The van der Waals surface area contributed by atoms with Crippen molar-refractivity contribution in [2.45, 2.75) is 13.5 Å². The van der Waals surface area contributed by atoms with Crippen LogP contribution in [-0.2, 0) is 11.3 Å². The van der Waals surface area contributed by atoms with Crippen molar-refractivity contribution in [3.05, 3.63) is 69.0 Å². The first-order valence-corrected chi connectivity index (χ1v) is 9.54. The summed E-state index contributed by atoms with van der Waals surface area (Å²) < 4.78 is 8.21. The number of carbonyl (C=O) groups excluding carboxylic acids is 1. The lowest BCUT2D eigenvalue weighted by Crippen LogP contribution is -2.15. The minimum absolute atomic E-state index is 0.0435. The molecule has 0 aliphatic rings. The maximum absolute atomic E-state index is 12.3. The van der Waals surface area contributed by atoms with Crippen molar-refractivity contribution in [1.29, 1.82) is 0 Å². The second kappa shape index (κ2) is 8.99. The van der Waals surface area contributed by atoms with E-state index in [2.05, 4.69) is 10.9 Å². The van der Waals surface area contributed by atoms with Gasteiger partial charge in [0.05, 0.1) is 28.3 Å². The number of ether oxygens (including phenoxy) is 1. The van der Waals surface area contributed by atoms with Crippen LogP contribution in [0, 0.1) is 22.5 Å². The minimum Gasteiger partial charge on any atom is -0.494 e. The lowest BCUT2D eigenvalue weighted by molar-refractivity contribution is -0.384. The van der Waals surface area contributed by atoms with Crippen LogP contribution in [0.25, 0.3) is 16.3 Å². The molecule has 0 N–H and O–H groups in total. The average molecular weight is 407 g/mol. The first-order chi connectivity index (χ1) is 14.0. The molecule has 0 bridgehead atoms. The van der Waals surface area contributed by atoms with Crippen molar-refractivity contribution < 1.29 is 14.5 Å². The minimum atomic E-state index is -0.487. The summed E-state index contributed by atoms with van der Waals surface area (Å²) in [4.78, 5) is 27.3. The third-order valence-electron chi connectivity index (χ3n) is 3.92. The molecule has 0 spiro atoms. The van der Waals surface area contributed by atoms with E-state index in [4.69, 9.17) is 11.2 Å². The number of nitrogens with zero attached hydrogens (tertiary/aromatic N) is 3. The molecular weight excluding hydrogens is 390 g/mol. The summed E-state index contributed by atoms with van der Waals surface area (Å²) in [5.74, 6) is 2.82. The summed E-state index contributed by atoms with van der Waals surface area (Å²) in [6.45, 7) is 2.73. The summed E-state index contributed by atoms with van der Waals surface area (Å²) in [5, 5.41) is 10.9. The molecule has 8 heteroatoms. The van der Waals surface area contributed by atoms with Crippen molar-refractivity contribution in [1.82, 2.24) is 4.57 Å². The predicted octanol–water partition coefficient (Wildman–Crippen LogP) is 3.78. The maximum atomic E-state index is 12.3. The van der Waals surface area contributed by atoms with Crippen molar-refractivity contribution >= 4 is 39.2 Å². The van der Waals surface area contributed by atoms with E-state index in [0.29, 0.717) is 17.0 Å². The van der Waals surface area contributed by atoms with Crippen molar-refractivity contribution in [3.63, 3.8) is 0 Å². The van der Waals surface area contributed by atoms with Crippen molar-refractivity contribution in [3.8, 4) is 18.1 Å². The van der Waals surface area contributed by atoms with Gasteiger partial charge in [0.2, 0.25) is 0 Å². The van der Waals surface area contributed by atoms with Gasteiger partial charge in [0, 0.05) is 18.2 Å². The van der Waals surface area contributed by atoms with Gasteiger partial charge in [0.1, 0.15) is 5.75 Å². The molecule has 0 atom stereocenters. The zero-order valence-corrected chi connectivity index (χ0v) is 16.4. The van der Waals surface area contributed by atoms with Crippen LogP contribution in [0.2, 0.25) is 0 Å². The van der Waals surface area contributed by atoms with E-state index < -0.39 is 10.8 Å². The number of hydrogen-bond donors (Lipinski definition) is 0. The van der Waals surface area contributed by atoms with Crippen LogP contribution in [0.5, 0.6) is 5.75 Å². The molecule has 0 unspecified atom stereocenters. The summed E-state index contributed by atoms with van der Waals surface area (Å²) in [6.07, 6.45) is 8.24. The number of nitro benzene ring substituents is 1. The van der Waals surface area contributed by atoms with E-state index in [-0.39, 0.29) is 12.2 Å². The highest BCUT2D eigenvalue weighted by atomic mass is 32.1. The van der Waals surface area contributed by atoms with Gasteiger partial charge in [-0.2, -0.15) is 4.99 Å². The van der Waals surface area contributed by atoms with E-state index in [1.807, 2.05) is 25.1 Å². The number of nitro groups is 1.